The lowest BCUT2D eigenvalue weighted by Gasteiger charge is -2.36. The van der Waals surface area contributed by atoms with Gasteiger partial charge in [-0.3, -0.25) is 4.79 Å². The average molecular weight is 340 g/mol. The minimum absolute atomic E-state index is 0.201. The number of hydrogen-bond donors (Lipinski definition) is 1. The molecule has 3 rings (SSSR count). The second kappa shape index (κ2) is 7.94. The summed E-state index contributed by atoms with van der Waals surface area (Å²) in [4.78, 5) is 26.6. The predicted molar refractivity (Wildman–Crippen MR) is 99.1 cm³/mol. The van der Waals surface area contributed by atoms with Gasteiger partial charge in [0, 0.05) is 49.9 Å². The number of carbonyl (C=O) groups is 1. The molecule has 1 saturated heterocycles. The maximum Gasteiger partial charge on any atom is 0.236 e. The van der Waals surface area contributed by atoms with Crippen LogP contribution in [0.2, 0.25) is 0 Å². The molecule has 0 spiro atoms. The zero-order chi connectivity index (χ0) is 17.6. The number of nitrogens with zero attached hydrogens (tertiary/aromatic N) is 5. The number of likely N-dealkylation sites (N-methyl/N-ethyl adjacent to an activating group) is 1. The highest BCUT2D eigenvalue weighted by Crippen LogP contribution is 2.21. The van der Waals surface area contributed by atoms with Crippen molar-refractivity contribution in [3.63, 3.8) is 0 Å². The summed E-state index contributed by atoms with van der Waals surface area (Å²) in [6.07, 6.45) is 3.42. The number of benzene rings is 1. The van der Waals surface area contributed by atoms with Crippen molar-refractivity contribution < 1.29 is 4.79 Å². The minimum atomic E-state index is 0.201. The number of aromatic nitrogens is 2. The molecule has 0 bridgehead atoms. The summed E-state index contributed by atoms with van der Waals surface area (Å²) in [5.41, 5.74) is 2.12. The van der Waals surface area contributed by atoms with Gasteiger partial charge < -0.3 is 20.0 Å². The lowest BCUT2D eigenvalue weighted by atomic mass is 10.2. The fourth-order valence-electron chi connectivity index (χ4n) is 2.83. The molecule has 0 saturated carbocycles. The fraction of sp³-hybridized carbons (Fsp3) is 0.389. The first-order valence-corrected chi connectivity index (χ1v) is 8.43. The Balaban J connectivity index is 1.54. The number of amides is 1. The second-order valence-corrected chi connectivity index (χ2v) is 6.35. The van der Waals surface area contributed by atoms with Crippen molar-refractivity contribution in [1.29, 1.82) is 0 Å². The van der Waals surface area contributed by atoms with Crippen molar-refractivity contribution in [3.05, 3.63) is 42.7 Å². The molecule has 0 aliphatic carbocycles. The summed E-state index contributed by atoms with van der Waals surface area (Å²) in [6.45, 7) is 3.72. The van der Waals surface area contributed by atoms with E-state index in [1.807, 2.05) is 36.0 Å². The largest absolute Gasteiger partial charge is 0.368 e. The van der Waals surface area contributed by atoms with Gasteiger partial charge in [0.05, 0.1) is 6.54 Å². The van der Waals surface area contributed by atoms with Crippen molar-refractivity contribution >= 4 is 23.2 Å². The van der Waals surface area contributed by atoms with E-state index in [-0.39, 0.29) is 5.91 Å². The molecule has 2 aromatic rings. The maximum atomic E-state index is 12.1. The molecule has 132 valence electrons. The SMILES string of the molecule is CN(C)CC(=O)N1CCN(c2ccc(Nc3ncccn3)cc2)CC1. The van der Waals surface area contributed by atoms with Gasteiger partial charge in [0.15, 0.2) is 0 Å². The molecule has 1 aromatic carbocycles. The lowest BCUT2D eigenvalue weighted by molar-refractivity contribution is -0.132. The highest BCUT2D eigenvalue weighted by atomic mass is 16.2. The van der Waals surface area contributed by atoms with E-state index in [2.05, 4.69) is 32.3 Å². The van der Waals surface area contributed by atoms with E-state index >= 15 is 0 Å². The van der Waals surface area contributed by atoms with Gasteiger partial charge in [-0.15, -0.1) is 0 Å². The van der Waals surface area contributed by atoms with Crippen LogP contribution in [0, 0.1) is 0 Å². The fourth-order valence-corrected chi connectivity index (χ4v) is 2.83. The van der Waals surface area contributed by atoms with Crippen LogP contribution in [0.4, 0.5) is 17.3 Å². The van der Waals surface area contributed by atoms with Crippen LogP contribution in [-0.2, 0) is 4.79 Å². The summed E-state index contributed by atoms with van der Waals surface area (Å²) in [7, 11) is 3.84. The summed E-state index contributed by atoms with van der Waals surface area (Å²) in [5, 5.41) is 3.18. The maximum absolute atomic E-state index is 12.1. The Kier molecular flexibility index (Phi) is 5.45. The van der Waals surface area contributed by atoms with Crippen molar-refractivity contribution in [1.82, 2.24) is 19.8 Å². The molecule has 25 heavy (non-hydrogen) atoms. The second-order valence-electron chi connectivity index (χ2n) is 6.35. The first kappa shape index (κ1) is 17.2. The van der Waals surface area contributed by atoms with Crippen LogP contribution in [0.1, 0.15) is 0 Å². The average Bonchev–Trinajstić information content (AvgIpc) is 2.63. The predicted octanol–water partition coefficient (Wildman–Crippen LogP) is 1.43. The van der Waals surface area contributed by atoms with Crippen molar-refractivity contribution in [3.8, 4) is 0 Å². The van der Waals surface area contributed by atoms with E-state index in [1.54, 1.807) is 18.5 Å². The van der Waals surface area contributed by atoms with Crippen LogP contribution in [0.15, 0.2) is 42.7 Å². The number of hydrogen-bond acceptors (Lipinski definition) is 6. The monoisotopic (exact) mass is 340 g/mol. The molecular weight excluding hydrogens is 316 g/mol. The molecule has 1 aliphatic heterocycles. The topological polar surface area (TPSA) is 64.6 Å². The standard InChI is InChI=1S/C18H24N6O/c1-22(2)14-17(25)24-12-10-23(11-13-24)16-6-4-15(5-7-16)21-18-19-8-3-9-20-18/h3-9H,10-14H2,1-2H3,(H,19,20,21). The minimum Gasteiger partial charge on any atom is -0.368 e. The van der Waals surface area contributed by atoms with Crippen molar-refractivity contribution in [2.24, 2.45) is 0 Å². The molecule has 0 radical (unpaired) electrons. The Morgan fingerprint density at radius 1 is 1.08 bits per heavy atom. The zero-order valence-corrected chi connectivity index (χ0v) is 14.7. The molecule has 7 nitrogen and oxygen atoms in total. The van der Waals surface area contributed by atoms with Crippen LogP contribution in [0.3, 0.4) is 0 Å². The summed E-state index contributed by atoms with van der Waals surface area (Å²) in [6, 6.07) is 10.0. The number of piperazine rings is 1. The van der Waals surface area contributed by atoms with Crippen LogP contribution in [0.5, 0.6) is 0 Å². The van der Waals surface area contributed by atoms with Gasteiger partial charge in [-0.1, -0.05) is 0 Å². The van der Waals surface area contributed by atoms with E-state index in [0.29, 0.717) is 12.5 Å². The Morgan fingerprint density at radius 2 is 1.72 bits per heavy atom. The quantitative estimate of drug-likeness (QED) is 0.888. The number of nitrogens with one attached hydrogen (secondary N) is 1. The van der Waals surface area contributed by atoms with Gasteiger partial charge in [0.1, 0.15) is 0 Å². The lowest BCUT2D eigenvalue weighted by Crippen LogP contribution is -2.50. The zero-order valence-electron chi connectivity index (χ0n) is 14.7. The third-order valence-corrected chi connectivity index (χ3v) is 4.14. The molecular formula is C18H24N6O. The Bertz CT molecular complexity index is 680. The molecule has 1 N–H and O–H groups in total. The highest BCUT2D eigenvalue weighted by Gasteiger charge is 2.21. The van der Waals surface area contributed by atoms with E-state index in [0.717, 1.165) is 31.9 Å². The van der Waals surface area contributed by atoms with Gasteiger partial charge in [0.25, 0.3) is 0 Å². The van der Waals surface area contributed by atoms with Gasteiger partial charge >= 0.3 is 0 Å². The first-order valence-electron chi connectivity index (χ1n) is 8.43. The third-order valence-electron chi connectivity index (χ3n) is 4.14. The molecule has 1 amide bonds. The van der Waals surface area contributed by atoms with Crippen molar-refractivity contribution in [2.45, 2.75) is 0 Å². The Hall–Kier alpha value is -2.67. The summed E-state index contributed by atoms with van der Waals surface area (Å²) >= 11 is 0. The van der Waals surface area contributed by atoms with Crippen LogP contribution < -0.4 is 10.2 Å². The van der Waals surface area contributed by atoms with Crippen LogP contribution in [-0.4, -0.2) is 72.5 Å². The Labute approximate surface area is 148 Å². The van der Waals surface area contributed by atoms with Crippen molar-refractivity contribution in [2.75, 3.05) is 57.0 Å². The highest BCUT2D eigenvalue weighted by molar-refractivity contribution is 5.78. The van der Waals surface area contributed by atoms with Gasteiger partial charge in [-0.2, -0.15) is 0 Å². The van der Waals surface area contributed by atoms with Crippen LogP contribution >= 0.6 is 0 Å². The molecule has 0 atom stereocenters. The number of anilines is 3. The molecule has 1 fully saturated rings. The summed E-state index contributed by atoms with van der Waals surface area (Å²) in [5.74, 6) is 0.787. The molecule has 2 heterocycles. The molecule has 1 aromatic heterocycles. The third kappa shape index (κ3) is 4.67. The molecule has 0 unspecified atom stereocenters. The van der Waals surface area contributed by atoms with Crippen LogP contribution in [0.25, 0.3) is 0 Å². The van der Waals surface area contributed by atoms with Gasteiger partial charge in [-0.05, 0) is 44.4 Å². The summed E-state index contributed by atoms with van der Waals surface area (Å²) < 4.78 is 0. The first-order chi connectivity index (χ1) is 12.1. The van der Waals surface area contributed by atoms with E-state index in [1.165, 1.54) is 5.69 Å². The Morgan fingerprint density at radius 3 is 2.32 bits per heavy atom. The van der Waals surface area contributed by atoms with E-state index < -0.39 is 0 Å². The van der Waals surface area contributed by atoms with Gasteiger partial charge in [0.2, 0.25) is 11.9 Å². The molecule has 1 aliphatic rings. The number of rotatable bonds is 5. The smallest absolute Gasteiger partial charge is 0.236 e. The normalized spacial score (nSPS) is 14.7. The number of carbonyl (C=O) groups excluding carboxylic acids is 1. The van der Waals surface area contributed by atoms with E-state index in [4.69, 9.17) is 0 Å². The van der Waals surface area contributed by atoms with E-state index in [9.17, 15) is 4.79 Å². The molecule has 7 heteroatoms. The van der Waals surface area contributed by atoms with Gasteiger partial charge in [-0.25, -0.2) is 9.97 Å².